The van der Waals surface area contributed by atoms with Crippen molar-refractivity contribution in [3.8, 4) is 0 Å². The van der Waals surface area contributed by atoms with Gasteiger partial charge in [-0.25, -0.2) is 14.8 Å². The van der Waals surface area contributed by atoms with Crippen LogP contribution >= 0.6 is 0 Å². The van der Waals surface area contributed by atoms with E-state index in [4.69, 9.17) is 9.84 Å². The summed E-state index contributed by atoms with van der Waals surface area (Å²) in [5, 5.41) is 8.84. The van der Waals surface area contributed by atoms with Crippen LogP contribution in [0.15, 0.2) is 12.4 Å². The fraction of sp³-hybridized carbons (Fsp3) is 0.688. The van der Waals surface area contributed by atoms with Gasteiger partial charge in [0, 0.05) is 13.1 Å². The van der Waals surface area contributed by atoms with Gasteiger partial charge in [0.1, 0.15) is 5.82 Å². The van der Waals surface area contributed by atoms with Crippen LogP contribution in [0.2, 0.25) is 0 Å². The summed E-state index contributed by atoms with van der Waals surface area (Å²) < 4.78 is 6.23. The third kappa shape index (κ3) is 3.74. The van der Waals surface area contributed by atoms with Crippen LogP contribution in [0.4, 0.5) is 5.82 Å². The fourth-order valence-electron chi connectivity index (χ4n) is 3.29. The van der Waals surface area contributed by atoms with Gasteiger partial charge >= 0.3 is 5.97 Å². The van der Waals surface area contributed by atoms with Crippen molar-refractivity contribution in [1.82, 2.24) is 9.97 Å². The summed E-state index contributed by atoms with van der Waals surface area (Å²) in [6, 6.07) is 0. The van der Waals surface area contributed by atoms with Crippen LogP contribution in [0.3, 0.4) is 0 Å². The molecule has 0 aromatic carbocycles. The van der Waals surface area contributed by atoms with Gasteiger partial charge in [0.15, 0.2) is 5.69 Å². The van der Waals surface area contributed by atoms with Crippen LogP contribution in [0.5, 0.6) is 0 Å². The molecule has 0 radical (unpaired) electrons. The Morgan fingerprint density at radius 1 is 1.05 bits per heavy atom. The van der Waals surface area contributed by atoms with Gasteiger partial charge in [-0.15, -0.1) is 0 Å². The van der Waals surface area contributed by atoms with Gasteiger partial charge in [-0.2, -0.15) is 0 Å². The van der Waals surface area contributed by atoms with Crippen molar-refractivity contribution in [3.63, 3.8) is 0 Å². The molecule has 22 heavy (non-hydrogen) atoms. The molecule has 1 aromatic heterocycles. The van der Waals surface area contributed by atoms with Crippen LogP contribution in [-0.2, 0) is 4.74 Å². The highest BCUT2D eigenvalue weighted by atomic mass is 16.5. The number of ether oxygens (including phenoxy) is 1. The maximum atomic E-state index is 10.8. The monoisotopic (exact) mass is 305 g/mol. The second-order valence-electron chi connectivity index (χ2n) is 6.15. The zero-order chi connectivity index (χ0) is 15.4. The Bertz CT molecular complexity index is 492. The number of carboxylic acid groups (broad SMARTS) is 1. The van der Waals surface area contributed by atoms with Crippen LogP contribution in [-0.4, -0.2) is 46.3 Å². The molecular formula is C16H23N3O3. The third-order valence-corrected chi connectivity index (χ3v) is 4.56. The minimum absolute atomic E-state index is 0.0146. The van der Waals surface area contributed by atoms with Crippen molar-refractivity contribution >= 4 is 11.8 Å². The highest BCUT2D eigenvalue weighted by Crippen LogP contribution is 2.25. The molecule has 1 aliphatic heterocycles. The van der Waals surface area contributed by atoms with E-state index in [1.54, 1.807) is 6.20 Å². The molecule has 6 heteroatoms. The van der Waals surface area contributed by atoms with E-state index >= 15 is 0 Å². The normalized spacial score (nSPS) is 21.0. The molecule has 6 nitrogen and oxygen atoms in total. The first kappa shape index (κ1) is 15.2. The summed E-state index contributed by atoms with van der Waals surface area (Å²) >= 11 is 0. The van der Waals surface area contributed by atoms with Gasteiger partial charge in [0.2, 0.25) is 0 Å². The predicted molar refractivity (Wildman–Crippen MR) is 82.2 cm³/mol. The van der Waals surface area contributed by atoms with E-state index in [2.05, 4.69) is 14.9 Å². The topological polar surface area (TPSA) is 75.5 Å². The molecule has 0 bridgehead atoms. The zero-order valence-corrected chi connectivity index (χ0v) is 12.8. The van der Waals surface area contributed by atoms with E-state index in [0.29, 0.717) is 12.2 Å². The molecule has 1 aromatic rings. The predicted octanol–water partition coefficient (Wildman–Crippen LogP) is 2.49. The summed E-state index contributed by atoms with van der Waals surface area (Å²) in [5.74, 6) is -0.292. The van der Waals surface area contributed by atoms with Crippen molar-refractivity contribution in [1.29, 1.82) is 0 Å². The van der Waals surface area contributed by atoms with Crippen molar-refractivity contribution in [2.75, 3.05) is 18.0 Å². The Labute approximate surface area is 130 Å². The molecule has 0 atom stereocenters. The van der Waals surface area contributed by atoms with Gasteiger partial charge in [-0.05, 0) is 25.7 Å². The first-order chi connectivity index (χ1) is 10.7. The molecule has 1 N–H and O–H groups in total. The standard InChI is InChI=1S/C16H23N3O3/c20-16(21)14-10-18-15(11-17-14)19-8-6-13(7-9-19)22-12-4-2-1-3-5-12/h10-13H,1-9H2,(H,20,21). The number of aromatic nitrogens is 2. The third-order valence-electron chi connectivity index (χ3n) is 4.56. The van der Waals surface area contributed by atoms with Crippen LogP contribution in [0, 0.1) is 0 Å². The minimum Gasteiger partial charge on any atom is -0.476 e. The molecule has 2 aliphatic rings. The number of aromatic carboxylic acids is 1. The largest absolute Gasteiger partial charge is 0.476 e. The summed E-state index contributed by atoms with van der Waals surface area (Å²) in [5.41, 5.74) is -0.0146. The lowest BCUT2D eigenvalue weighted by Gasteiger charge is -2.35. The summed E-state index contributed by atoms with van der Waals surface area (Å²) in [6.07, 6.45) is 12.1. The highest BCUT2D eigenvalue weighted by molar-refractivity contribution is 5.84. The molecule has 1 saturated carbocycles. The summed E-state index contributed by atoms with van der Waals surface area (Å²) in [6.45, 7) is 1.77. The maximum absolute atomic E-state index is 10.8. The Hall–Kier alpha value is -1.69. The van der Waals surface area contributed by atoms with Crippen molar-refractivity contribution in [2.24, 2.45) is 0 Å². The Morgan fingerprint density at radius 3 is 2.32 bits per heavy atom. The molecule has 0 spiro atoms. The van der Waals surface area contributed by atoms with E-state index in [9.17, 15) is 4.79 Å². The van der Waals surface area contributed by atoms with Gasteiger partial charge in [-0.1, -0.05) is 19.3 Å². The van der Waals surface area contributed by atoms with Crippen molar-refractivity contribution in [3.05, 3.63) is 18.1 Å². The van der Waals surface area contributed by atoms with Gasteiger partial charge in [0.05, 0.1) is 24.6 Å². The lowest BCUT2D eigenvalue weighted by Crippen LogP contribution is -2.39. The van der Waals surface area contributed by atoms with E-state index in [0.717, 1.165) is 31.7 Å². The molecule has 1 saturated heterocycles. The number of hydrogen-bond donors (Lipinski definition) is 1. The van der Waals surface area contributed by atoms with Crippen molar-refractivity contribution < 1.29 is 14.6 Å². The molecule has 120 valence electrons. The number of piperidine rings is 1. The van der Waals surface area contributed by atoms with Crippen molar-refractivity contribution in [2.45, 2.75) is 57.2 Å². The van der Waals surface area contributed by atoms with Crippen LogP contribution < -0.4 is 4.90 Å². The molecule has 3 rings (SSSR count). The van der Waals surface area contributed by atoms with Crippen LogP contribution in [0.1, 0.15) is 55.4 Å². The molecular weight excluding hydrogens is 282 g/mol. The van der Waals surface area contributed by atoms with Gasteiger partial charge in [0.25, 0.3) is 0 Å². The molecule has 0 amide bonds. The summed E-state index contributed by atoms with van der Waals surface area (Å²) in [7, 11) is 0. The average molecular weight is 305 g/mol. The number of rotatable bonds is 4. The summed E-state index contributed by atoms with van der Waals surface area (Å²) in [4.78, 5) is 21.1. The smallest absolute Gasteiger partial charge is 0.356 e. The minimum atomic E-state index is -1.04. The number of hydrogen-bond acceptors (Lipinski definition) is 5. The zero-order valence-electron chi connectivity index (χ0n) is 12.8. The Morgan fingerprint density at radius 2 is 1.73 bits per heavy atom. The second-order valence-corrected chi connectivity index (χ2v) is 6.15. The molecule has 2 fully saturated rings. The maximum Gasteiger partial charge on any atom is 0.356 e. The van der Waals surface area contributed by atoms with E-state index in [1.165, 1.54) is 38.3 Å². The Kier molecular flexibility index (Phi) is 4.87. The van der Waals surface area contributed by atoms with Gasteiger partial charge in [-0.3, -0.25) is 0 Å². The number of carboxylic acids is 1. The van der Waals surface area contributed by atoms with E-state index < -0.39 is 5.97 Å². The average Bonchev–Trinajstić information content (AvgIpc) is 2.57. The lowest BCUT2D eigenvalue weighted by atomic mass is 9.97. The SMILES string of the molecule is O=C(O)c1cnc(N2CCC(OC3CCCCC3)CC2)cn1. The van der Waals surface area contributed by atoms with Crippen LogP contribution in [0.25, 0.3) is 0 Å². The van der Waals surface area contributed by atoms with Gasteiger partial charge < -0.3 is 14.7 Å². The molecule has 0 unspecified atom stereocenters. The number of nitrogens with zero attached hydrogens (tertiary/aromatic N) is 3. The quantitative estimate of drug-likeness (QED) is 0.921. The first-order valence-corrected chi connectivity index (χ1v) is 8.18. The first-order valence-electron chi connectivity index (χ1n) is 8.18. The number of carbonyl (C=O) groups is 1. The molecule has 2 heterocycles. The highest BCUT2D eigenvalue weighted by Gasteiger charge is 2.24. The van der Waals surface area contributed by atoms with E-state index in [-0.39, 0.29) is 5.69 Å². The fourth-order valence-corrected chi connectivity index (χ4v) is 3.29. The van der Waals surface area contributed by atoms with E-state index in [1.807, 2.05) is 0 Å². The lowest BCUT2D eigenvalue weighted by molar-refractivity contribution is -0.0395. The number of anilines is 1. The Balaban J connectivity index is 1.49. The second kappa shape index (κ2) is 7.05. The molecule has 1 aliphatic carbocycles.